The second-order valence-corrected chi connectivity index (χ2v) is 4.08. The lowest BCUT2D eigenvalue weighted by molar-refractivity contribution is 0.326. The Morgan fingerprint density at radius 3 is 2.16 bits per heavy atom. The molecule has 102 valence electrons. The minimum atomic E-state index is 0.629. The zero-order chi connectivity index (χ0) is 13.7. The Labute approximate surface area is 114 Å². The number of hydrogen-bond donors (Lipinski definition) is 0. The van der Waals surface area contributed by atoms with Crippen molar-refractivity contribution < 1.29 is 9.47 Å². The smallest absolute Gasteiger partial charge is 0.130 e. The molecule has 0 aliphatic heterocycles. The maximum Gasteiger partial charge on any atom is 0.130 e. The van der Waals surface area contributed by atoms with E-state index in [1.54, 1.807) is 0 Å². The Morgan fingerprint density at radius 2 is 1.68 bits per heavy atom. The van der Waals surface area contributed by atoms with Crippen molar-refractivity contribution in [3.8, 4) is 22.6 Å². The van der Waals surface area contributed by atoms with Crippen molar-refractivity contribution in [1.82, 2.24) is 9.78 Å². The molecule has 0 bridgehead atoms. The molecule has 0 saturated heterocycles. The fourth-order valence-electron chi connectivity index (χ4n) is 2.01. The van der Waals surface area contributed by atoms with Gasteiger partial charge in [0.2, 0.25) is 0 Å². The summed E-state index contributed by atoms with van der Waals surface area (Å²) in [5, 5.41) is 4.32. The first-order valence-corrected chi connectivity index (χ1v) is 6.71. The molecule has 1 aromatic carbocycles. The van der Waals surface area contributed by atoms with Crippen molar-refractivity contribution in [3.63, 3.8) is 0 Å². The van der Waals surface area contributed by atoms with Gasteiger partial charge in [0.1, 0.15) is 11.5 Å². The van der Waals surface area contributed by atoms with Gasteiger partial charge in [-0.25, -0.2) is 0 Å². The summed E-state index contributed by atoms with van der Waals surface area (Å²) in [6, 6.07) is 5.87. The van der Waals surface area contributed by atoms with Crippen LogP contribution < -0.4 is 9.47 Å². The van der Waals surface area contributed by atoms with Crippen LogP contribution >= 0.6 is 0 Å². The van der Waals surface area contributed by atoms with Crippen molar-refractivity contribution in [1.29, 1.82) is 0 Å². The highest BCUT2D eigenvalue weighted by atomic mass is 16.5. The van der Waals surface area contributed by atoms with Crippen molar-refractivity contribution in [2.75, 3.05) is 13.2 Å². The third-order valence-corrected chi connectivity index (χ3v) is 2.83. The van der Waals surface area contributed by atoms with Gasteiger partial charge in [-0.05, 0) is 32.9 Å². The quantitative estimate of drug-likeness (QED) is 0.799. The van der Waals surface area contributed by atoms with Gasteiger partial charge in [0.15, 0.2) is 0 Å². The molecule has 0 radical (unpaired) electrons. The van der Waals surface area contributed by atoms with E-state index < -0.39 is 0 Å². The van der Waals surface area contributed by atoms with Crippen molar-refractivity contribution in [2.24, 2.45) is 0 Å². The summed E-state index contributed by atoms with van der Waals surface area (Å²) in [6.45, 7) is 8.13. The highest BCUT2D eigenvalue weighted by Crippen LogP contribution is 2.38. The summed E-state index contributed by atoms with van der Waals surface area (Å²) in [5.41, 5.74) is 2.00. The summed E-state index contributed by atoms with van der Waals surface area (Å²) in [4.78, 5) is 0. The predicted molar refractivity (Wildman–Crippen MR) is 75.7 cm³/mol. The van der Waals surface area contributed by atoms with Crippen LogP contribution in [0.25, 0.3) is 11.1 Å². The van der Waals surface area contributed by atoms with Crippen LogP contribution in [0.15, 0.2) is 30.6 Å². The number of benzene rings is 1. The van der Waals surface area contributed by atoms with Gasteiger partial charge in [0, 0.05) is 18.3 Å². The zero-order valence-electron chi connectivity index (χ0n) is 11.7. The summed E-state index contributed by atoms with van der Waals surface area (Å²) in [5.74, 6) is 1.67. The van der Waals surface area contributed by atoms with E-state index in [0.29, 0.717) is 13.2 Å². The minimum absolute atomic E-state index is 0.629. The van der Waals surface area contributed by atoms with Crippen LogP contribution in [-0.4, -0.2) is 23.0 Å². The fourth-order valence-corrected chi connectivity index (χ4v) is 2.01. The van der Waals surface area contributed by atoms with Crippen LogP contribution in [0.5, 0.6) is 11.5 Å². The first-order valence-electron chi connectivity index (χ1n) is 6.71. The molecule has 2 aromatic rings. The van der Waals surface area contributed by atoms with E-state index in [-0.39, 0.29) is 0 Å². The third-order valence-electron chi connectivity index (χ3n) is 2.83. The van der Waals surface area contributed by atoms with E-state index in [1.165, 1.54) is 0 Å². The molecule has 4 nitrogen and oxygen atoms in total. The number of rotatable bonds is 6. The van der Waals surface area contributed by atoms with Gasteiger partial charge >= 0.3 is 0 Å². The monoisotopic (exact) mass is 260 g/mol. The van der Waals surface area contributed by atoms with Gasteiger partial charge in [-0.1, -0.05) is 6.07 Å². The lowest BCUT2D eigenvalue weighted by Gasteiger charge is -2.13. The normalized spacial score (nSPS) is 10.5. The third kappa shape index (κ3) is 2.89. The molecule has 19 heavy (non-hydrogen) atoms. The molecule has 0 saturated carbocycles. The molecule has 2 rings (SSSR count). The van der Waals surface area contributed by atoms with Gasteiger partial charge in [-0.2, -0.15) is 5.10 Å². The summed E-state index contributed by atoms with van der Waals surface area (Å²) < 4.78 is 13.3. The number of aromatic nitrogens is 2. The molecule has 0 N–H and O–H groups in total. The van der Waals surface area contributed by atoms with E-state index in [0.717, 1.165) is 29.2 Å². The number of hydrogen-bond acceptors (Lipinski definition) is 3. The SMILES string of the molecule is CCOc1cccc(OCC)c1-c1cnn(CC)c1. The number of ether oxygens (including phenoxy) is 2. The topological polar surface area (TPSA) is 36.3 Å². The van der Waals surface area contributed by atoms with Gasteiger partial charge in [-0.3, -0.25) is 4.68 Å². The Morgan fingerprint density at radius 1 is 1.05 bits per heavy atom. The molecule has 0 spiro atoms. The van der Waals surface area contributed by atoms with Gasteiger partial charge in [-0.15, -0.1) is 0 Å². The molecular formula is C15H20N2O2. The predicted octanol–water partition coefficient (Wildman–Crippen LogP) is 3.37. The maximum absolute atomic E-state index is 5.70. The highest BCUT2D eigenvalue weighted by molar-refractivity contribution is 5.76. The fraction of sp³-hybridized carbons (Fsp3) is 0.400. The highest BCUT2D eigenvalue weighted by Gasteiger charge is 2.14. The van der Waals surface area contributed by atoms with Gasteiger partial charge in [0.05, 0.1) is 25.0 Å². The van der Waals surface area contributed by atoms with Crippen LogP contribution in [0.4, 0.5) is 0 Å². The number of aryl methyl sites for hydroxylation is 1. The zero-order valence-corrected chi connectivity index (χ0v) is 11.7. The molecular weight excluding hydrogens is 240 g/mol. The van der Waals surface area contributed by atoms with Crippen molar-refractivity contribution >= 4 is 0 Å². The van der Waals surface area contributed by atoms with E-state index in [4.69, 9.17) is 9.47 Å². The summed E-state index contributed by atoms with van der Waals surface area (Å²) in [6.07, 6.45) is 3.87. The molecule has 0 atom stereocenters. The summed E-state index contributed by atoms with van der Waals surface area (Å²) in [7, 11) is 0. The first-order chi connectivity index (χ1) is 9.30. The van der Waals surface area contributed by atoms with Crippen LogP contribution in [0, 0.1) is 0 Å². The standard InChI is InChI=1S/C15H20N2O2/c1-4-17-11-12(10-16-17)15-13(18-5-2)8-7-9-14(15)19-6-3/h7-11H,4-6H2,1-3H3. The van der Waals surface area contributed by atoms with Gasteiger partial charge < -0.3 is 9.47 Å². The molecule has 0 fully saturated rings. The summed E-state index contributed by atoms with van der Waals surface area (Å²) >= 11 is 0. The molecule has 0 unspecified atom stereocenters. The second kappa shape index (κ2) is 6.27. The average molecular weight is 260 g/mol. The Hall–Kier alpha value is -1.97. The molecule has 1 aromatic heterocycles. The van der Waals surface area contributed by atoms with Crippen LogP contribution in [-0.2, 0) is 6.54 Å². The molecule has 0 aliphatic rings. The van der Waals surface area contributed by atoms with Crippen molar-refractivity contribution in [2.45, 2.75) is 27.3 Å². The molecule has 1 heterocycles. The lowest BCUT2D eigenvalue weighted by Crippen LogP contribution is -1.98. The largest absolute Gasteiger partial charge is 0.493 e. The van der Waals surface area contributed by atoms with Crippen molar-refractivity contribution in [3.05, 3.63) is 30.6 Å². The Kier molecular flexibility index (Phi) is 4.44. The van der Waals surface area contributed by atoms with Crippen LogP contribution in [0.2, 0.25) is 0 Å². The van der Waals surface area contributed by atoms with Crippen LogP contribution in [0.1, 0.15) is 20.8 Å². The lowest BCUT2D eigenvalue weighted by atomic mass is 10.1. The van der Waals surface area contributed by atoms with Gasteiger partial charge in [0.25, 0.3) is 0 Å². The average Bonchev–Trinajstić information content (AvgIpc) is 2.88. The number of nitrogens with zero attached hydrogens (tertiary/aromatic N) is 2. The Balaban J connectivity index is 2.49. The van der Waals surface area contributed by atoms with E-state index >= 15 is 0 Å². The minimum Gasteiger partial charge on any atom is -0.493 e. The van der Waals surface area contributed by atoms with E-state index in [2.05, 4.69) is 12.0 Å². The molecule has 0 aliphatic carbocycles. The second-order valence-electron chi connectivity index (χ2n) is 4.08. The Bertz CT molecular complexity index is 510. The van der Waals surface area contributed by atoms with E-state index in [1.807, 2.05) is 49.1 Å². The maximum atomic E-state index is 5.70. The molecule has 4 heteroatoms. The first kappa shape index (κ1) is 13.5. The molecule has 0 amide bonds. The van der Waals surface area contributed by atoms with E-state index in [9.17, 15) is 0 Å². The van der Waals surface area contributed by atoms with Crippen LogP contribution in [0.3, 0.4) is 0 Å².